The van der Waals surface area contributed by atoms with E-state index in [4.69, 9.17) is 11.6 Å². The van der Waals surface area contributed by atoms with E-state index < -0.39 is 21.8 Å². The molecule has 11 heteroatoms. The van der Waals surface area contributed by atoms with Gasteiger partial charge in [-0.15, -0.1) is 0 Å². The molecule has 1 aromatic carbocycles. The van der Waals surface area contributed by atoms with Crippen LogP contribution in [-0.2, 0) is 4.79 Å². The maximum absolute atomic E-state index is 12.4. The van der Waals surface area contributed by atoms with Crippen molar-refractivity contribution in [3.63, 3.8) is 0 Å². The molecular weight excluding hydrogens is 354 g/mol. The van der Waals surface area contributed by atoms with Crippen LogP contribution in [0, 0.1) is 34.1 Å². The third kappa shape index (κ3) is 3.58. The number of nitro groups is 2. The molecule has 1 aromatic heterocycles. The second-order valence-corrected chi connectivity index (χ2v) is 5.71. The van der Waals surface area contributed by atoms with Gasteiger partial charge in [0.2, 0.25) is 5.91 Å². The smallest absolute Gasteiger partial charge is 0.312 e. The Morgan fingerprint density at radius 1 is 1.28 bits per heavy atom. The first kappa shape index (κ1) is 18.3. The third-order valence-electron chi connectivity index (χ3n) is 3.63. The van der Waals surface area contributed by atoms with Gasteiger partial charge < -0.3 is 5.32 Å². The van der Waals surface area contributed by atoms with Crippen LogP contribution < -0.4 is 5.32 Å². The van der Waals surface area contributed by atoms with Gasteiger partial charge in [-0.3, -0.25) is 29.7 Å². The molecule has 25 heavy (non-hydrogen) atoms. The number of anilines is 1. The van der Waals surface area contributed by atoms with Crippen LogP contribution in [0.5, 0.6) is 0 Å². The average Bonchev–Trinajstić information content (AvgIpc) is 2.83. The molecule has 1 atom stereocenters. The summed E-state index contributed by atoms with van der Waals surface area (Å²) in [7, 11) is 0. The second-order valence-electron chi connectivity index (χ2n) is 5.31. The molecule has 1 N–H and O–H groups in total. The summed E-state index contributed by atoms with van der Waals surface area (Å²) >= 11 is 5.95. The summed E-state index contributed by atoms with van der Waals surface area (Å²) in [4.78, 5) is 33.1. The molecule has 0 radical (unpaired) electrons. The topological polar surface area (TPSA) is 133 Å². The van der Waals surface area contributed by atoms with Crippen molar-refractivity contribution in [2.24, 2.45) is 0 Å². The molecule has 1 unspecified atom stereocenters. The summed E-state index contributed by atoms with van der Waals surface area (Å²) in [6.07, 6.45) is 0. The van der Waals surface area contributed by atoms with Crippen LogP contribution in [0.25, 0.3) is 0 Å². The molecule has 0 fully saturated rings. The molecule has 0 spiro atoms. The predicted octanol–water partition coefficient (Wildman–Crippen LogP) is 3.17. The number of hydrogen-bond donors (Lipinski definition) is 1. The molecular formula is C14H14ClN5O5. The number of nitro benzene ring substituents is 1. The zero-order chi connectivity index (χ0) is 18.9. The Morgan fingerprint density at radius 2 is 1.92 bits per heavy atom. The Kier molecular flexibility index (Phi) is 5.02. The number of rotatable bonds is 5. The Labute approximate surface area is 146 Å². The highest BCUT2D eigenvalue weighted by Crippen LogP contribution is 2.29. The van der Waals surface area contributed by atoms with Crippen LogP contribution in [0.4, 0.5) is 17.1 Å². The largest absolute Gasteiger partial charge is 0.323 e. The monoisotopic (exact) mass is 367 g/mol. The molecule has 0 aliphatic rings. The maximum Gasteiger partial charge on any atom is 0.312 e. The highest BCUT2D eigenvalue weighted by molar-refractivity contribution is 6.33. The van der Waals surface area contributed by atoms with Gasteiger partial charge in [0.15, 0.2) is 0 Å². The Hall–Kier alpha value is -3.01. The van der Waals surface area contributed by atoms with Crippen molar-refractivity contribution < 1.29 is 14.6 Å². The molecule has 1 amide bonds. The van der Waals surface area contributed by atoms with Gasteiger partial charge >= 0.3 is 5.69 Å². The third-order valence-corrected chi connectivity index (χ3v) is 3.96. The van der Waals surface area contributed by atoms with Gasteiger partial charge in [0.1, 0.15) is 17.4 Å². The number of non-ortho nitro benzene ring substituents is 1. The lowest BCUT2D eigenvalue weighted by molar-refractivity contribution is -0.386. The minimum Gasteiger partial charge on any atom is -0.323 e. The number of carbonyl (C=O) groups is 1. The van der Waals surface area contributed by atoms with E-state index >= 15 is 0 Å². The van der Waals surface area contributed by atoms with Gasteiger partial charge in [0, 0.05) is 12.1 Å². The molecule has 0 saturated carbocycles. The van der Waals surface area contributed by atoms with E-state index in [0.717, 1.165) is 6.07 Å². The van der Waals surface area contributed by atoms with Gasteiger partial charge in [0.05, 0.1) is 20.6 Å². The summed E-state index contributed by atoms with van der Waals surface area (Å²) in [6.45, 7) is 4.47. The fraction of sp³-hybridized carbons (Fsp3) is 0.286. The van der Waals surface area contributed by atoms with E-state index in [0.29, 0.717) is 0 Å². The maximum atomic E-state index is 12.4. The SMILES string of the molecule is Cc1nn(C(C)C(=O)Nc2cc([N+](=O)[O-])ccc2Cl)c(C)c1[N+](=O)[O-]. The van der Waals surface area contributed by atoms with Crippen molar-refractivity contribution in [1.82, 2.24) is 9.78 Å². The molecule has 0 aliphatic heterocycles. The number of halogens is 1. The van der Waals surface area contributed by atoms with Crippen LogP contribution in [-0.4, -0.2) is 25.5 Å². The van der Waals surface area contributed by atoms with E-state index in [1.807, 2.05) is 0 Å². The van der Waals surface area contributed by atoms with Crippen molar-refractivity contribution in [2.45, 2.75) is 26.8 Å². The number of amides is 1. The minimum atomic E-state index is -0.886. The van der Waals surface area contributed by atoms with E-state index in [1.165, 1.54) is 37.6 Å². The summed E-state index contributed by atoms with van der Waals surface area (Å²) < 4.78 is 1.23. The lowest BCUT2D eigenvalue weighted by atomic mass is 10.2. The van der Waals surface area contributed by atoms with Crippen molar-refractivity contribution in [2.75, 3.05) is 5.32 Å². The second kappa shape index (κ2) is 6.85. The number of nitrogens with zero attached hydrogens (tertiary/aromatic N) is 4. The predicted molar refractivity (Wildman–Crippen MR) is 89.8 cm³/mol. The number of aryl methyl sites for hydroxylation is 1. The first-order chi connectivity index (χ1) is 11.6. The molecule has 0 aliphatic carbocycles. The molecule has 0 saturated heterocycles. The minimum absolute atomic E-state index is 0.0729. The summed E-state index contributed by atoms with van der Waals surface area (Å²) in [5.41, 5.74) is 0.108. The molecule has 0 bridgehead atoms. The van der Waals surface area contributed by atoms with E-state index in [2.05, 4.69) is 10.4 Å². The highest BCUT2D eigenvalue weighted by Gasteiger charge is 2.27. The molecule has 2 aromatic rings. The average molecular weight is 368 g/mol. The van der Waals surface area contributed by atoms with Crippen LogP contribution in [0.2, 0.25) is 5.02 Å². The first-order valence-corrected chi connectivity index (χ1v) is 7.46. The van der Waals surface area contributed by atoms with E-state index in [9.17, 15) is 25.0 Å². The van der Waals surface area contributed by atoms with Crippen molar-refractivity contribution >= 4 is 34.6 Å². The quantitative estimate of drug-likeness (QED) is 0.637. The van der Waals surface area contributed by atoms with Crippen molar-refractivity contribution in [1.29, 1.82) is 0 Å². The van der Waals surface area contributed by atoms with Gasteiger partial charge in [-0.05, 0) is 26.8 Å². The lowest BCUT2D eigenvalue weighted by Crippen LogP contribution is -2.25. The Morgan fingerprint density at radius 3 is 2.44 bits per heavy atom. The summed E-state index contributed by atoms with van der Waals surface area (Å²) in [5, 5.41) is 28.5. The fourth-order valence-corrected chi connectivity index (χ4v) is 2.53. The normalized spacial score (nSPS) is 11.8. The Bertz CT molecular complexity index is 879. The number of carbonyl (C=O) groups excluding carboxylic acids is 1. The summed E-state index contributed by atoms with van der Waals surface area (Å²) in [5.74, 6) is -0.567. The zero-order valence-electron chi connectivity index (χ0n) is 13.5. The summed E-state index contributed by atoms with van der Waals surface area (Å²) in [6, 6.07) is 2.76. The lowest BCUT2D eigenvalue weighted by Gasteiger charge is -2.14. The Balaban J connectivity index is 2.30. The molecule has 132 valence electrons. The highest BCUT2D eigenvalue weighted by atomic mass is 35.5. The van der Waals surface area contributed by atoms with Crippen molar-refractivity contribution in [3.05, 3.63) is 54.8 Å². The molecule has 10 nitrogen and oxygen atoms in total. The van der Waals surface area contributed by atoms with Gasteiger partial charge in [-0.2, -0.15) is 5.10 Å². The van der Waals surface area contributed by atoms with Gasteiger partial charge in [-0.1, -0.05) is 11.6 Å². The zero-order valence-corrected chi connectivity index (χ0v) is 14.3. The van der Waals surface area contributed by atoms with Crippen molar-refractivity contribution in [3.8, 4) is 0 Å². The van der Waals surface area contributed by atoms with Gasteiger partial charge in [0.25, 0.3) is 5.69 Å². The number of nitrogens with one attached hydrogen (secondary N) is 1. The van der Waals surface area contributed by atoms with E-state index in [-0.39, 0.29) is 33.5 Å². The standard InChI is InChI=1S/C14H14ClN5O5/c1-7-13(20(24)25)8(2)18(17-7)9(3)14(21)16-12-6-10(19(22)23)4-5-11(12)15/h4-6,9H,1-3H3,(H,16,21). The van der Waals surface area contributed by atoms with Crippen LogP contribution in [0.3, 0.4) is 0 Å². The number of benzene rings is 1. The fourth-order valence-electron chi connectivity index (χ4n) is 2.37. The van der Waals surface area contributed by atoms with Gasteiger partial charge in [-0.25, -0.2) is 0 Å². The number of hydrogen-bond acceptors (Lipinski definition) is 6. The van der Waals surface area contributed by atoms with Crippen LogP contribution in [0.15, 0.2) is 18.2 Å². The molecule has 1 heterocycles. The first-order valence-electron chi connectivity index (χ1n) is 7.08. The van der Waals surface area contributed by atoms with Crippen LogP contribution in [0.1, 0.15) is 24.4 Å². The van der Waals surface area contributed by atoms with Crippen LogP contribution >= 0.6 is 11.6 Å². The molecule has 2 rings (SSSR count). The number of aromatic nitrogens is 2. The van der Waals surface area contributed by atoms with E-state index in [1.54, 1.807) is 0 Å².